The number of benzene rings is 1. The lowest BCUT2D eigenvalue weighted by Crippen LogP contribution is -2.30. The van der Waals surface area contributed by atoms with Crippen molar-refractivity contribution in [2.75, 3.05) is 26.8 Å². The molecule has 1 unspecified atom stereocenters. The van der Waals surface area contributed by atoms with E-state index >= 15 is 0 Å². The van der Waals surface area contributed by atoms with Crippen molar-refractivity contribution in [2.24, 2.45) is 5.92 Å². The number of aliphatic hydroxyl groups is 1. The molecular weight excluding hydrogens is 242 g/mol. The fourth-order valence-corrected chi connectivity index (χ4v) is 2.55. The van der Waals surface area contributed by atoms with E-state index in [0.717, 1.165) is 37.2 Å². The van der Waals surface area contributed by atoms with Gasteiger partial charge in [0.1, 0.15) is 5.75 Å². The third kappa shape index (κ3) is 3.70. The highest BCUT2D eigenvalue weighted by atomic mass is 16.5. The fourth-order valence-electron chi connectivity index (χ4n) is 2.55. The second-order valence-electron chi connectivity index (χ2n) is 5.04. The molecule has 1 aliphatic rings. The van der Waals surface area contributed by atoms with Crippen LogP contribution < -0.4 is 4.74 Å². The second kappa shape index (κ2) is 6.57. The Balaban J connectivity index is 1.90. The first-order valence-electron chi connectivity index (χ1n) is 6.74. The summed E-state index contributed by atoms with van der Waals surface area (Å²) in [6.45, 7) is 1.80. The zero-order valence-electron chi connectivity index (χ0n) is 11.3. The van der Waals surface area contributed by atoms with Gasteiger partial charge in [0.15, 0.2) is 0 Å². The minimum absolute atomic E-state index is 0.161. The Morgan fingerprint density at radius 1 is 1.53 bits per heavy atom. The molecule has 4 nitrogen and oxygen atoms in total. The lowest BCUT2D eigenvalue weighted by atomic mass is 10.1. The number of carbonyl (C=O) groups is 1. The normalized spacial score (nSPS) is 18.6. The molecule has 0 aliphatic carbocycles. The molecule has 4 heteroatoms. The van der Waals surface area contributed by atoms with Crippen LogP contribution in [0.15, 0.2) is 24.3 Å². The summed E-state index contributed by atoms with van der Waals surface area (Å²) in [7, 11) is 1.63. The van der Waals surface area contributed by atoms with Crippen molar-refractivity contribution >= 4 is 5.91 Å². The Morgan fingerprint density at radius 2 is 2.37 bits per heavy atom. The van der Waals surface area contributed by atoms with Gasteiger partial charge in [0.05, 0.1) is 13.5 Å². The van der Waals surface area contributed by atoms with Gasteiger partial charge in [-0.3, -0.25) is 4.79 Å². The zero-order chi connectivity index (χ0) is 13.7. The molecule has 1 aromatic carbocycles. The molecule has 1 atom stereocenters. The fraction of sp³-hybridized carbons (Fsp3) is 0.533. The molecule has 1 N–H and O–H groups in total. The monoisotopic (exact) mass is 263 g/mol. The van der Waals surface area contributed by atoms with E-state index < -0.39 is 0 Å². The molecule has 1 aliphatic heterocycles. The highest BCUT2D eigenvalue weighted by Gasteiger charge is 2.25. The summed E-state index contributed by atoms with van der Waals surface area (Å²) in [4.78, 5) is 14.1. The maximum Gasteiger partial charge on any atom is 0.227 e. The van der Waals surface area contributed by atoms with Crippen LogP contribution in [0, 0.1) is 5.92 Å². The van der Waals surface area contributed by atoms with Gasteiger partial charge in [0, 0.05) is 19.7 Å². The Hall–Kier alpha value is -1.55. The molecule has 0 bridgehead atoms. The molecule has 0 radical (unpaired) electrons. The van der Waals surface area contributed by atoms with E-state index in [1.165, 1.54) is 0 Å². The molecule has 0 spiro atoms. The average molecular weight is 263 g/mol. The summed E-state index contributed by atoms with van der Waals surface area (Å²) < 4.78 is 5.16. The number of carbonyl (C=O) groups excluding carboxylic acids is 1. The van der Waals surface area contributed by atoms with Crippen molar-refractivity contribution < 1.29 is 14.6 Å². The topological polar surface area (TPSA) is 49.8 Å². The summed E-state index contributed by atoms with van der Waals surface area (Å²) >= 11 is 0. The largest absolute Gasteiger partial charge is 0.497 e. The van der Waals surface area contributed by atoms with Crippen LogP contribution in [0.5, 0.6) is 5.75 Å². The first kappa shape index (κ1) is 13.9. The summed E-state index contributed by atoms with van der Waals surface area (Å²) in [5.41, 5.74) is 0.981. The maximum absolute atomic E-state index is 12.2. The lowest BCUT2D eigenvalue weighted by molar-refractivity contribution is -0.129. The molecular formula is C15H21NO3. The molecule has 1 heterocycles. The predicted octanol–water partition coefficient (Wildman–Crippen LogP) is 1.47. The zero-order valence-corrected chi connectivity index (χ0v) is 11.3. The van der Waals surface area contributed by atoms with Gasteiger partial charge in [-0.25, -0.2) is 0 Å². The van der Waals surface area contributed by atoms with Crippen LogP contribution in [0.25, 0.3) is 0 Å². The Labute approximate surface area is 114 Å². The van der Waals surface area contributed by atoms with Gasteiger partial charge in [-0.1, -0.05) is 12.1 Å². The van der Waals surface area contributed by atoms with Crippen LogP contribution in [0.1, 0.15) is 18.4 Å². The highest BCUT2D eigenvalue weighted by Crippen LogP contribution is 2.20. The number of hydrogen-bond donors (Lipinski definition) is 1. The maximum atomic E-state index is 12.2. The molecule has 19 heavy (non-hydrogen) atoms. The lowest BCUT2D eigenvalue weighted by Gasteiger charge is -2.16. The van der Waals surface area contributed by atoms with Crippen molar-refractivity contribution in [3.63, 3.8) is 0 Å². The molecule has 0 saturated carbocycles. The van der Waals surface area contributed by atoms with Gasteiger partial charge < -0.3 is 14.7 Å². The third-order valence-corrected chi connectivity index (χ3v) is 3.67. The summed E-state index contributed by atoms with van der Waals surface area (Å²) in [6.07, 6.45) is 2.22. The van der Waals surface area contributed by atoms with Crippen molar-refractivity contribution in [1.82, 2.24) is 4.90 Å². The summed E-state index contributed by atoms with van der Waals surface area (Å²) in [6, 6.07) is 7.63. The second-order valence-corrected chi connectivity index (χ2v) is 5.04. The summed E-state index contributed by atoms with van der Waals surface area (Å²) in [5.74, 6) is 1.40. The number of hydrogen-bond acceptors (Lipinski definition) is 3. The Bertz CT molecular complexity index is 433. The summed E-state index contributed by atoms with van der Waals surface area (Å²) in [5, 5.41) is 8.93. The molecule has 1 aromatic rings. The number of methoxy groups -OCH3 is 1. The van der Waals surface area contributed by atoms with E-state index in [-0.39, 0.29) is 12.5 Å². The van der Waals surface area contributed by atoms with E-state index in [1.807, 2.05) is 29.2 Å². The van der Waals surface area contributed by atoms with Crippen LogP contribution in [0.4, 0.5) is 0 Å². The number of ether oxygens (including phenoxy) is 1. The van der Waals surface area contributed by atoms with Crippen LogP contribution in [0.2, 0.25) is 0 Å². The number of aliphatic hydroxyl groups excluding tert-OH is 1. The Morgan fingerprint density at radius 3 is 3.11 bits per heavy atom. The number of nitrogens with zero attached hydrogens (tertiary/aromatic N) is 1. The minimum atomic E-state index is 0.161. The third-order valence-electron chi connectivity index (χ3n) is 3.67. The van der Waals surface area contributed by atoms with E-state index in [0.29, 0.717) is 12.3 Å². The van der Waals surface area contributed by atoms with Crippen molar-refractivity contribution in [2.45, 2.75) is 19.3 Å². The van der Waals surface area contributed by atoms with E-state index in [1.54, 1.807) is 7.11 Å². The van der Waals surface area contributed by atoms with Gasteiger partial charge >= 0.3 is 0 Å². The first-order chi connectivity index (χ1) is 9.22. The van der Waals surface area contributed by atoms with Crippen LogP contribution in [-0.4, -0.2) is 42.7 Å². The van der Waals surface area contributed by atoms with Crippen molar-refractivity contribution in [1.29, 1.82) is 0 Å². The van der Waals surface area contributed by atoms with Crippen LogP contribution in [0.3, 0.4) is 0 Å². The van der Waals surface area contributed by atoms with Crippen molar-refractivity contribution in [3.8, 4) is 5.75 Å². The molecule has 0 aromatic heterocycles. The molecule has 2 rings (SSSR count). The number of rotatable bonds is 5. The van der Waals surface area contributed by atoms with Crippen molar-refractivity contribution in [3.05, 3.63) is 29.8 Å². The van der Waals surface area contributed by atoms with Gasteiger partial charge in [-0.2, -0.15) is 0 Å². The van der Waals surface area contributed by atoms with Gasteiger partial charge in [0.25, 0.3) is 0 Å². The molecule has 1 saturated heterocycles. The highest BCUT2D eigenvalue weighted by molar-refractivity contribution is 5.79. The number of likely N-dealkylation sites (tertiary alicyclic amines) is 1. The van der Waals surface area contributed by atoms with E-state index in [4.69, 9.17) is 9.84 Å². The van der Waals surface area contributed by atoms with Gasteiger partial charge in [-0.05, 0) is 36.5 Å². The number of amides is 1. The minimum Gasteiger partial charge on any atom is -0.497 e. The molecule has 1 fully saturated rings. The first-order valence-corrected chi connectivity index (χ1v) is 6.74. The Kier molecular flexibility index (Phi) is 4.80. The van der Waals surface area contributed by atoms with Crippen LogP contribution in [-0.2, 0) is 11.2 Å². The SMILES string of the molecule is COc1cccc(CC(=O)N2CCC(CCO)C2)c1. The molecule has 1 amide bonds. The smallest absolute Gasteiger partial charge is 0.227 e. The van der Waals surface area contributed by atoms with E-state index in [9.17, 15) is 4.79 Å². The van der Waals surface area contributed by atoms with Crippen LogP contribution >= 0.6 is 0 Å². The molecule has 104 valence electrons. The van der Waals surface area contributed by atoms with Gasteiger partial charge in [0.2, 0.25) is 5.91 Å². The quantitative estimate of drug-likeness (QED) is 0.875. The van der Waals surface area contributed by atoms with E-state index in [2.05, 4.69) is 0 Å². The average Bonchev–Trinajstić information content (AvgIpc) is 2.88. The van der Waals surface area contributed by atoms with Gasteiger partial charge in [-0.15, -0.1) is 0 Å². The standard InChI is InChI=1S/C15H21NO3/c1-19-14-4-2-3-13(9-14)10-15(18)16-7-5-12(11-16)6-8-17/h2-4,9,12,17H,5-8,10-11H2,1H3. The predicted molar refractivity (Wildman–Crippen MR) is 73.1 cm³/mol.